The van der Waals surface area contributed by atoms with Crippen LogP contribution in [0.5, 0.6) is 0 Å². The van der Waals surface area contributed by atoms with Crippen LogP contribution in [-0.2, 0) is 4.74 Å². The van der Waals surface area contributed by atoms with E-state index in [1.165, 1.54) is 0 Å². The number of alkyl halides is 3. The lowest BCUT2D eigenvalue weighted by Gasteiger charge is -2.31. The molecule has 0 unspecified atom stereocenters. The Balaban J connectivity index is 1.97. The lowest BCUT2D eigenvalue weighted by Crippen LogP contribution is -2.34. The van der Waals surface area contributed by atoms with Gasteiger partial charge in [0, 0.05) is 6.61 Å². The van der Waals surface area contributed by atoms with E-state index >= 15 is 0 Å². The Morgan fingerprint density at radius 3 is 2.54 bits per heavy atom. The molecule has 2 aliphatic rings. The second-order valence-electron chi connectivity index (χ2n) is 4.01. The molecule has 1 aliphatic heterocycles. The van der Waals surface area contributed by atoms with E-state index in [1.807, 2.05) is 0 Å². The van der Waals surface area contributed by atoms with Crippen LogP contribution in [0.2, 0.25) is 0 Å². The highest BCUT2D eigenvalue weighted by molar-refractivity contribution is 4.86. The molecule has 3 atom stereocenters. The smallest absolute Gasteiger partial charge is 0.378 e. The van der Waals surface area contributed by atoms with Gasteiger partial charge in [0.15, 0.2) is 0 Å². The molecule has 13 heavy (non-hydrogen) atoms. The molecule has 2 fully saturated rings. The average Bonchev–Trinajstić information content (AvgIpc) is 2.47. The zero-order valence-corrected chi connectivity index (χ0v) is 7.31. The van der Waals surface area contributed by atoms with E-state index in [2.05, 4.69) is 0 Å². The highest BCUT2D eigenvalue weighted by atomic mass is 19.4. The van der Waals surface area contributed by atoms with Crippen LogP contribution in [0.4, 0.5) is 13.2 Å². The maximum Gasteiger partial charge on any atom is 0.391 e. The summed E-state index contributed by atoms with van der Waals surface area (Å²) in [6, 6.07) is 0. The van der Waals surface area contributed by atoms with Crippen LogP contribution in [-0.4, -0.2) is 18.9 Å². The van der Waals surface area contributed by atoms with Crippen LogP contribution in [0, 0.1) is 11.8 Å². The lowest BCUT2D eigenvalue weighted by atomic mass is 9.79. The summed E-state index contributed by atoms with van der Waals surface area (Å²) in [7, 11) is 0. The zero-order chi connectivity index (χ0) is 9.47. The molecular weight excluding hydrogens is 181 g/mol. The van der Waals surface area contributed by atoms with Gasteiger partial charge in [-0.1, -0.05) is 0 Å². The maximum atomic E-state index is 12.3. The van der Waals surface area contributed by atoms with Gasteiger partial charge >= 0.3 is 6.18 Å². The molecule has 4 heteroatoms. The van der Waals surface area contributed by atoms with E-state index < -0.39 is 12.1 Å². The second-order valence-corrected chi connectivity index (χ2v) is 4.01. The Labute approximate surface area is 75.3 Å². The minimum Gasteiger partial charge on any atom is -0.378 e. The van der Waals surface area contributed by atoms with Gasteiger partial charge in [-0.25, -0.2) is 0 Å². The third-order valence-electron chi connectivity index (χ3n) is 3.21. The summed E-state index contributed by atoms with van der Waals surface area (Å²) in [6.45, 7) is 0.653. The van der Waals surface area contributed by atoms with Crippen molar-refractivity contribution in [2.45, 2.75) is 38.0 Å². The summed E-state index contributed by atoms with van der Waals surface area (Å²) in [4.78, 5) is 0. The summed E-state index contributed by atoms with van der Waals surface area (Å²) in [5, 5.41) is 0. The Hall–Kier alpha value is -0.250. The molecule has 1 nitrogen and oxygen atoms in total. The van der Waals surface area contributed by atoms with Gasteiger partial charge in [0.05, 0.1) is 12.0 Å². The number of ether oxygens (including phenoxy) is 1. The van der Waals surface area contributed by atoms with Crippen LogP contribution >= 0.6 is 0 Å². The van der Waals surface area contributed by atoms with Crippen molar-refractivity contribution in [3.8, 4) is 0 Å². The molecule has 0 aromatic rings. The van der Waals surface area contributed by atoms with Crippen LogP contribution in [0.25, 0.3) is 0 Å². The van der Waals surface area contributed by atoms with Crippen LogP contribution < -0.4 is 0 Å². The molecule has 1 aliphatic carbocycles. The SMILES string of the molecule is FC(F)(F)[C@@H]1CC[C@@H]2CCO[C@H]2C1. The summed E-state index contributed by atoms with van der Waals surface area (Å²) < 4.78 is 42.3. The highest BCUT2D eigenvalue weighted by Crippen LogP contribution is 2.43. The fourth-order valence-electron chi connectivity index (χ4n) is 2.39. The Morgan fingerprint density at radius 1 is 1.08 bits per heavy atom. The summed E-state index contributed by atoms with van der Waals surface area (Å²) in [5.41, 5.74) is 0. The molecule has 0 bridgehead atoms. The Morgan fingerprint density at radius 2 is 1.85 bits per heavy atom. The predicted molar refractivity (Wildman–Crippen MR) is 41.2 cm³/mol. The van der Waals surface area contributed by atoms with E-state index in [1.54, 1.807) is 0 Å². The van der Waals surface area contributed by atoms with Crippen LogP contribution in [0.3, 0.4) is 0 Å². The first-order valence-electron chi connectivity index (χ1n) is 4.75. The first-order valence-corrected chi connectivity index (χ1v) is 4.75. The fraction of sp³-hybridized carbons (Fsp3) is 1.00. The van der Waals surface area contributed by atoms with Crippen molar-refractivity contribution < 1.29 is 17.9 Å². The van der Waals surface area contributed by atoms with Crippen LogP contribution in [0.1, 0.15) is 25.7 Å². The third-order valence-corrected chi connectivity index (χ3v) is 3.21. The van der Waals surface area contributed by atoms with Crippen molar-refractivity contribution in [1.29, 1.82) is 0 Å². The molecular formula is C9H13F3O. The molecule has 1 heterocycles. The molecule has 0 N–H and O–H groups in total. The van der Waals surface area contributed by atoms with Gasteiger partial charge in [-0.3, -0.25) is 0 Å². The van der Waals surface area contributed by atoms with E-state index in [4.69, 9.17) is 4.74 Å². The van der Waals surface area contributed by atoms with Crippen molar-refractivity contribution >= 4 is 0 Å². The standard InChI is InChI=1S/C9H13F3O/c10-9(11,12)7-2-1-6-3-4-13-8(6)5-7/h6-8H,1-5H2/t6-,7-,8+/m1/s1. The van der Waals surface area contributed by atoms with E-state index in [9.17, 15) is 13.2 Å². The predicted octanol–water partition coefficient (Wildman–Crippen LogP) is 2.75. The fourth-order valence-corrected chi connectivity index (χ4v) is 2.39. The summed E-state index contributed by atoms with van der Waals surface area (Å²) in [5.74, 6) is -0.717. The number of hydrogen-bond acceptors (Lipinski definition) is 1. The quantitative estimate of drug-likeness (QED) is 0.576. The number of halogens is 3. The Kier molecular flexibility index (Phi) is 2.26. The number of rotatable bonds is 0. The number of fused-ring (bicyclic) bond motifs is 1. The largest absolute Gasteiger partial charge is 0.391 e. The topological polar surface area (TPSA) is 9.23 Å². The lowest BCUT2D eigenvalue weighted by molar-refractivity contribution is -0.192. The van der Waals surface area contributed by atoms with Gasteiger partial charge in [-0.15, -0.1) is 0 Å². The van der Waals surface area contributed by atoms with Crippen molar-refractivity contribution in [3.05, 3.63) is 0 Å². The molecule has 2 rings (SSSR count). The highest BCUT2D eigenvalue weighted by Gasteiger charge is 2.46. The van der Waals surface area contributed by atoms with Gasteiger partial charge in [-0.05, 0) is 31.6 Å². The molecule has 1 saturated heterocycles. The molecule has 1 saturated carbocycles. The molecule has 0 aromatic carbocycles. The normalized spacial score (nSPS) is 40.4. The van der Waals surface area contributed by atoms with Crippen molar-refractivity contribution in [3.63, 3.8) is 0 Å². The van der Waals surface area contributed by atoms with E-state index in [0.29, 0.717) is 25.4 Å². The van der Waals surface area contributed by atoms with Gasteiger partial charge in [0.2, 0.25) is 0 Å². The molecule has 0 radical (unpaired) electrons. The average molecular weight is 194 g/mol. The zero-order valence-electron chi connectivity index (χ0n) is 7.31. The van der Waals surface area contributed by atoms with Crippen molar-refractivity contribution in [2.24, 2.45) is 11.8 Å². The van der Waals surface area contributed by atoms with Gasteiger partial charge in [0.25, 0.3) is 0 Å². The van der Waals surface area contributed by atoms with E-state index in [-0.39, 0.29) is 12.5 Å². The van der Waals surface area contributed by atoms with Crippen LogP contribution in [0.15, 0.2) is 0 Å². The summed E-state index contributed by atoms with van der Waals surface area (Å²) in [6.07, 6.45) is -2.00. The molecule has 0 amide bonds. The molecule has 76 valence electrons. The van der Waals surface area contributed by atoms with Crippen molar-refractivity contribution in [2.75, 3.05) is 6.61 Å². The Bertz CT molecular complexity index is 190. The first-order chi connectivity index (χ1) is 6.07. The minimum absolute atomic E-state index is 0.111. The van der Waals surface area contributed by atoms with Gasteiger partial charge < -0.3 is 4.74 Å². The van der Waals surface area contributed by atoms with Gasteiger partial charge in [-0.2, -0.15) is 13.2 Å². The number of hydrogen-bond donors (Lipinski definition) is 0. The van der Waals surface area contributed by atoms with E-state index in [0.717, 1.165) is 6.42 Å². The van der Waals surface area contributed by atoms with Crippen molar-refractivity contribution in [1.82, 2.24) is 0 Å². The molecule has 0 spiro atoms. The summed E-state index contributed by atoms with van der Waals surface area (Å²) >= 11 is 0. The second kappa shape index (κ2) is 3.15. The van der Waals surface area contributed by atoms with Gasteiger partial charge in [0.1, 0.15) is 0 Å². The molecule has 0 aromatic heterocycles. The maximum absolute atomic E-state index is 12.3. The first kappa shape index (κ1) is 9.31. The third kappa shape index (κ3) is 1.82. The monoisotopic (exact) mass is 194 g/mol. The minimum atomic E-state index is -4.02.